The number of anilines is 1. The van der Waals surface area contributed by atoms with Crippen molar-refractivity contribution in [3.8, 4) is 11.5 Å². The summed E-state index contributed by atoms with van der Waals surface area (Å²) < 4.78 is 10.9. The maximum absolute atomic E-state index is 13.7. The molecule has 156 valence electrons. The molecular formula is C23H26N4O3. The summed E-state index contributed by atoms with van der Waals surface area (Å²) in [7, 11) is 7.08. The zero-order valence-corrected chi connectivity index (χ0v) is 18.1. The highest BCUT2D eigenvalue weighted by Crippen LogP contribution is 2.44. The molecule has 1 N–H and O–H groups in total. The van der Waals surface area contributed by atoms with Gasteiger partial charge in [0.15, 0.2) is 5.78 Å². The summed E-state index contributed by atoms with van der Waals surface area (Å²) in [4.78, 5) is 25.6. The summed E-state index contributed by atoms with van der Waals surface area (Å²) in [6, 6.07) is 13.4. The Kier molecular flexibility index (Phi) is 4.68. The van der Waals surface area contributed by atoms with Gasteiger partial charge in [0.05, 0.1) is 30.9 Å². The number of hydrogen-bond acceptors (Lipinski definition) is 6. The van der Waals surface area contributed by atoms with Crippen LogP contribution in [0.25, 0.3) is 16.6 Å². The van der Waals surface area contributed by atoms with Gasteiger partial charge in [-0.3, -0.25) is 4.79 Å². The van der Waals surface area contributed by atoms with Gasteiger partial charge in [-0.15, -0.1) is 0 Å². The molecule has 0 bridgehead atoms. The molecule has 0 aliphatic carbocycles. The molecule has 2 aromatic carbocycles. The molecule has 1 aromatic heterocycles. The number of aromatic nitrogens is 2. The van der Waals surface area contributed by atoms with E-state index in [-0.39, 0.29) is 5.78 Å². The van der Waals surface area contributed by atoms with Gasteiger partial charge in [0.1, 0.15) is 34.3 Å². The van der Waals surface area contributed by atoms with Crippen LogP contribution in [0.5, 0.6) is 11.5 Å². The Balaban J connectivity index is 1.97. The second-order valence-corrected chi connectivity index (χ2v) is 7.99. The Morgan fingerprint density at radius 2 is 1.67 bits per heavy atom. The number of benzene rings is 2. The number of rotatable bonds is 5. The largest absolute Gasteiger partial charge is 0.497 e. The molecule has 0 fully saturated rings. The average molecular weight is 406 g/mol. The summed E-state index contributed by atoms with van der Waals surface area (Å²) in [5.41, 5.74) is 2.25. The summed E-state index contributed by atoms with van der Waals surface area (Å²) >= 11 is 0. The van der Waals surface area contributed by atoms with Crippen LogP contribution in [0.15, 0.2) is 48.3 Å². The standard InChI is InChI=1S/C23H26N4O3/c1-23(2)20(28)19(21-24-17-9-7-8-10-18(17)25-21)22(26(3)4)27(23)14-11-15(29-5)13-16(12-14)30-6/h7-13H,1-6H3,(H,24,25). The van der Waals surface area contributed by atoms with Gasteiger partial charge in [0.25, 0.3) is 0 Å². The molecule has 0 atom stereocenters. The quantitative estimate of drug-likeness (QED) is 0.697. The summed E-state index contributed by atoms with van der Waals surface area (Å²) in [6.45, 7) is 3.83. The van der Waals surface area contributed by atoms with Gasteiger partial charge in [-0.05, 0) is 26.0 Å². The Bertz CT molecular complexity index is 1100. The number of carbonyl (C=O) groups is 1. The number of Topliss-reactive ketones (excluding diaryl/α,β-unsaturated/α-hetero) is 1. The van der Waals surface area contributed by atoms with Gasteiger partial charge >= 0.3 is 0 Å². The predicted molar refractivity (Wildman–Crippen MR) is 118 cm³/mol. The maximum atomic E-state index is 13.7. The minimum Gasteiger partial charge on any atom is -0.497 e. The molecule has 0 unspecified atom stereocenters. The summed E-state index contributed by atoms with van der Waals surface area (Å²) in [6.07, 6.45) is 0. The molecule has 3 aromatic rings. The first-order valence-corrected chi connectivity index (χ1v) is 9.72. The van der Waals surface area contributed by atoms with E-state index in [1.807, 2.05) is 80.2 Å². The highest BCUT2D eigenvalue weighted by Gasteiger charge is 2.49. The van der Waals surface area contributed by atoms with Crippen molar-refractivity contribution >= 4 is 28.1 Å². The van der Waals surface area contributed by atoms with Crippen LogP contribution in [0, 0.1) is 0 Å². The number of fused-ring (bicyclic) bond motifs is 1. The lowest BCUT2D eigenvalue weighted by molar-refractivity contribution is -0.116. The van der Waals surface area contributed by atoms with E-state index < -0.39 is 5.54 Å². The van der Waals surface area contributed by atoms with E-state index in [1.165, 1.54) is 0 Å². The number of para-hydroxylation sites is 2. The Hall–Kier alpha value is -3.48. The Morgan fingerprint density at radius 1 is 1.03 bits per heavy atom. The van der Waals surface area contributed by atoms with Crippen LogP contribution >= 0.6 is 0 Å². The second-order valence-electron chi connectivity index (χ2n) is 7.99. The molecule has 7 heteroatoms. The molecule has 1 aliphatic rings. The van der Waals surface area contributed by atoms with Crippen molar-refractivity contribution < 1.29 is 14.3 Å². The highest BCUT2D eigenvalue weighted by atomic mass is 16.5. The van der Waals surface area contributed by atoms with E-state index >= 15 is 0 Å². The third-order valence-electron chi connectivity index (χ3n) is 5.42. The fourth-order valence-electron chi connectivity index (χ4n) is 3.96. The smallest absolute Gasteiger partial charge is 0.195 e. The van der Waals surface area contributed by atoms with Crippen LogP contribution in [0.2, 0.25) is 0 Å². The van der Waals surface area contributed by atoms with Crippen LogP contribution in [-0.4, -0.2) is 54.5 Å². The fraction of sp³-hybridized carbons (Fsp3) is 0.304. The second kappa shape index (κ2) is 7.09. The van der Waals surface area contributed by atoms with Crippen molar-refractivity contribution in [1.82, 2.24) is 14.9 Å². The fourth-order valence-corrected chi connectivity index (χ4v) is 3.96. The third-order valence-corrected chi connectivity index (χ3v) is 5.42. The summed E-state index contributed by atoms with van der Waals surface area (Å²) in [5, 5.41) is 0. The zero-order valence-electron chi connectivity index (χ0n) is 18.1. The number of ketones is 1. The van der Waals surface area contributed by atoms with Crippen molar-refractivity contribution in [2.75, 3.05) is 33.2 Å². The number of H-pyrrole nitrogens is 1. The van der Waals surface area contributed by atoms with Crippen molar-refractivity contribution in [3.05, 3.63) is 54.1 Å². The normalized spacial score (nSPS) is 15.8. The average Bonchev–Trinajstić information content (AvgIpc) is 3.24. The van der Waals surface area contributed by atoms with E-state index in [4.69, 9.17) is 14.5 Å². The molecular weight excluding hydrogens is 380 g/mol. The van der Waals surface area contributed by atoms with Gasteiger partial charge in [-0.25, -0.2) is 4.98 Å². The monoisotopic (exact) mass is 406 g/mol. The van der Waals surface area contributed by atoms with Crippen molar-refractivity contribution in [2.45, 2.75) is 19.4 Å². The van der Waals surface area contributed by atoms with Crippen LogP contribution in [-0.2, 0) is 4.79 Å². The number of aromatic amines is 1. The molecule has 2 heterocycles. The van der Waals surface area contributed by atoms with Crippen LogP contribution in [0.4, 0.5) is 5.69 Å². The van der Waals surface area contributed by atoms with Gasteiger partial charge in [-0.1, -0.05) is 12.1 Å². The Labute approximate surface area is 175 Å². The van der Waals surface area contributed by atoms with Crippen molar-refractivity contribution in [1.29, 1.82) is 0 Å². The van der Waals surface area contributed by atoms with E-state index in [9.17, 15) is 4.79 Å². The van der Waals surface area contributed by atoms with Gasteiger partial charge < -0.3 is 24.3 Å². The third kappa shape index (κ3) is 2.98. The van der Waals surface area contributed by atoms with Crippen LogP contribution in [0.3, 0.4) is 0 Å². The predicted octanol–water partition coefficient (Wildman–Crippen LogP) is 3.68. The molecule has 7 nitrogen and oxygen atoms in total. The van der Waals surface area contributed by atoms with Gasteiger partial charge in [0.2, 0.25) is 0 Å². The number of nitrogens with one attached hydrogen (secondary N) is 1. The first-order valence-electron chi connectivity index (χ1n) is 9.72. The number of carbonyl (C=O) groups excluding carboxylic acids is 1. The lowest BCUT2D eigenvalue weighted by atomic mass is 9.95. The number of imidazole rings is 1. The van der Waals surface area contributed by atoms with Crippen LogP contribution in [0.1, 0.15) is 19.7 Å². The SMILES string of the molecule is COc1cc(OC)cc(N2C(N(C)C)=C(c3nc4ccccc4[nH]3)C(=O)C2(C)C)c1. The maximum Gasteiger partial charge on any atom is 0.195 e. The number of methoxy groups -OCH3 is 2. The highest BCUT2D eigenvalue weighted by molar-refractivity contribution is 6.29. The van der Waals surface area contributed by atoms with E-state index in [0.717, 1.165) is 22.5 Å². The van der Waals surface area contributed by atoms with Crippen molar-refractivity contribution in [3.63, 3.8) is 0 Å². The summed E-state index contributed by atoms with van der Waals surface area (Å²) in [5.74, 6) is 2.63. The lowest BCUT2D eigenvalue weighted by Gasteiger charge is -2.37. The number of ether oxygens (including phenoxy) is 2. The topological polar surface area (TPSA) is 70.7 Å². The molecule has 0 spiro atoms. The van der Waals surface area contributed by atoms with E-state index in [2.05, 4.69) is 4.98 Å². The number of nitrogens with zero attached hydrogens (tertiary/aromatic N) is 3. The van der Waals surface area contributed by atoms with Gasteiger partial charge in [0, 0.05) is 32.3 Å². The minimum absolute atomic E-state index is 0.00737. The van der Waals surface area contributed by atoms with E-state index in [0.29, 0.717) is 22.9 Å². The molecule has 4 rings (SSSR count). The number of hydrogen-bond donors (Lipinski definition) is 1. The minimum atomic E-state index is -0.828. The van der Waals surface area contributed by atoms with Gasteiger partial charge in [-0.2, -0.15) is 0 Å². The van der Waals surface area contributed by atoms with E-state index in [1.54, 1.807) is 14.2 Å². The van der Waals surface area contributed by atoms with Crippen molar-refractivity contribution in [2.24, 2.45) is 0 Å². The Morgan fingerprint density at radius 3 is 2.23 bits per heavy atom. The first-order chi connectivity index (χ1) is 14.3. The molecule has 0 radical (unpaired) electrons. The molecule has 0 amide bonds. The molecule has 0 saturated carbocycles. The molecule has 0 saturated heterocycles. The first kappa shape index (κ1) is 19.8. The van der Waals surface area contributed by atoms with Crippen LogP contribution < -0.4 is 14.4 Å². The lowest BCUT2D eigenvalue weighted by Crippen LogP contribution is -2.46. The molecule has 1 aliphatic heterocycles. The molecule has 30 heavy (non-hydrogen) atoms. The zero-order chi connectivity index (χ0) is 21.6.